The molecule has 426 valence electrons. The number of nitrogens with zero attached hydrogens (tertiary/aromatic N) is 6. The van der Waals surface area contributed by atoms with Crippen molar-refractivity contribution in [2.24, 2.45) is 11.7 Å². The Hall–Kier alpha value is -8.44. The largest absolute Gasteiger partial charge is 0.543 e. The first-order valence-electron chi connectivity index (χ1n) is 25.5. The Bertz CT molecular complexity index is 2960. The van der Waals surface area contributed by atoms with Crippen molar-refractivity contribution < 1.29 is 72.3 Å². The molecular formula is C58H66N7O15-3. The number of rotatable bonds is 24. The highest BCUT2D eigenvalue weighted by Gasteiger charge is 2.27. The van der Waals surface area contributed by atoms with Crippen LogP contribution in [0.4, 0.5) is 0 Å². The first kappa shape index (κ1) is 59.2. The number of carboxylic acid groups (broad SMARTS) is 3. The molecule has 0 amide bonds. The van der Waals surface area contributed by atoms with Crippen LogP contribution in [0.3, 0.4) is 0 Å². The molecular weight excluding hydrogens is 1030 g/mol. The average Bonchev–Trinajstić information content (AvgIpc) is 3.51. The molecule has 0 atom stereocenters. The van der Waals surface area contributed by atoms with Gasteiger partial charge in [0.05, 0.1) is 133 Å². The normalized spacial score (nSPS) is 13.7. The topological polar surface area (TPSA) is 278 Å². The van der Waals surface area contributed by atoms with E-state index in [-0.39, 0.29) is 42.6 Å². The number of nitrogens with two attached hydrogens (primary N) is 1. The molecule has 2 N–H and O–H groups in total. The minimum atomic E-state index is -1.49. The highest BCUT2D eigenvalue weighted by Crippen LogP contribution is 2.45. The van der Waals surface area contributed by atoms with Gasteiger partial charge in [-0.3, -0.25) is 29.7 Å². The highest BCUT2D eigenvalue weighted by molar-refractivity contribution is 5.90. The van der Waals surface area contributed by atoms with Gasteiger partial charge in [0.15, 0.2) is 0 Å². The minimum Gasteiger partial charge on any atom is -0.543 e. The fourth-order valence-electron chi connectivity index (χ4n) is 9.99. The minimum absolute atomic E-state index is 0.0420. The van der Waals surface area contributed by atoms with Crippen LogP contribution < -0.4 is 63.7 Å². The second-order valence-electron chi connectivity index (χ2n) is 18.8. The monoisotopic (exact) mass is 1100 g/mol. The van der Waals surface area contributed by atoms with Crippen molar-refractivity contribution >= 4 is 17.9 Å². The second kappa shape index (κ2) is 27.4. The number of hydrogen-bond acceptors (Lipinski definition) is 22. The van der Waals surface area contributed by atoms with E-state index in [1.807, 2.05) is 0 Å². The molecule has 0 radical (unpaired) electrons. The summed E-state index contributed by atoms with van der Waals surface area (Å²) in [5.74, 6) is -0.902. The molecule has 4 heterocycles. The Morgan fingerprint density at radius 3 is 0.963 bits per heavy atom. The van der Waals surface area contributed by atoms with Crippen LogP contribution >= 0.6 is 0 Å². The SMILES string of the molecule is COc1cc(OC)c(-c2cc(CN3CCN(Cc4cc(-c5c(OC)cc(OC)cc5OC)cc(C(=O)[O-])n4)CC(CCCN)CN(Cc4cc(-c5c(OC)cc(OC)cc5OC)cc(C(=O)[O-])n4)CC3)nc(C(=O)[O-])c2)c(OC)c1. The summed E-state index contributed by atoms with van der Waals surface area (Å²) in [7, 11) is 13.5. The van der Waals surface area contributed by atoms with Gasteiger partial charge < -0.3 is 78.1 Å². The number of hydrogen-bond donors (Lipinski definition) is 1. The van der Waals surface area contributed by atoms with Gasteiger partial charge in [0.2, 0.25) is 0 Å². The standard InChI is InChI=1S/C58H69N7O15/c1-72-41-23-47(75-4)53(48(24-41)76-5)35-17-38(60-44(20-35)56(66)67)31-63-13-15-64(32-39-18-36(21-45(61-39)57(68)69)54-49(77-6)25-42(73-2)26-50(54)78-7)29-34(11-10-12-59)30-65(16-14-63)33-40-19-37(22-46(62-40)58(70)71)55-51(79-8)27-43(74-3)28-52(55)80-9/h17-28,34H,10-16,29-33,59H2,1-9H3,(H,66,67)(H,68,69)(H,70,71)/p-3. The van der Waals surface area contributed by atoms with Crippen molar-refractivity contribution in [1.82, 2.24) is 29.7 Å². The number of benzene rings is 3. The lowest BCUT2D eigenvalue weighted by Crippen LogP contribution is -2.45. The van der Waals surface area contributed by atoms with Gasteiger partial charge >= 0.3 is 0 Å². The van der Waals surface area contributed by atoms with Gasteiger partial charge in [0.1, 0.15) is 51.7 Å². The molecule has 1 aliphatic rings. The van der Waals surface area contributed by atoms with Crippen LogP contribution in [0, 0.1) is 5.92 Å². The summed E-state index contributed by atoms with van der Waals surface area (Å²) < 4.78 is 51.1. The van der Waals surface area contributed by atoms with Gasteiger partial charge in [-0.25, -0.2) is 0 Å². The van der Waals surface area contributed by atoms with E-state index in [0.29, 0.717) is 161 Å². The van der Waals surface area contributed by atoms with Crippen LogP contribution in [-0.2, 0) is 19.6 Å². The van der Waals surface area contributed by atoms with Gasteiger partial charge in [-0.2, -0.15) is 0 Å². The Morgan fingerprint density at radius 2 is 0.713 bits per heavy atom. The van der Waals surface area contributed by atoms with Gasteiger partial charge in [0, 0.05) is 95.3 Å². The highest BCUT2D eigenvalue weighted by atomic mass is 16.5. The predicted molar refractivity (Wildman–Crippen MR) is 289 cm³/mol. The molecule has 1 saturated heterocycles. The number of aromatic nitrogens is 3. The number of carbonyl (C=O) groups excluding carboxylic acids is 3. The third kappa shape index (κ3) is 14.2. The first-order valence-corrected chi connectivity index (χ1v) is 25.5. The molecule has 0 aliphatic carbocycles. The summed E-state index contributed by atoms with van der Waals surface area (Å²) in [6, 6.07) is 19.6. The van der Waals surface area contributed by atoms with E-state index in [4.69, 9.17) is 48.4 Å². The number of methoxy groups -OCH3 is 9. The second-order valence-corrected chi connectivity index (χ2v) is 18.8. The fourth-order valence-corrected chi connectivity index (χ4v) is 9.99. The van der Waals surface area contributed by atoms with Crippen molar-refractivity contribution in [2.45, 2.75) is 32.5 Å². The average molecular weight is 1100 g/mol. The van der Waals surface area contributed by atoms with Gasteiger partial charge in [-0.15, -0.1) is 0 Å². The maximum Gasteiger partial charge on any atom is 0.134 e. The number of carboxylic acids is 3. The third-order valence-corrected chi connectivity index (χ3v) is 13.7. The van der Waals surface area contributed by atoms with E-state index in [9.17, 15) is 29.7 Å². The van der Waals surface area contributed by atoms with Crippen LogP contribution in [-0.4, -0.2) is 157 Å². The molecule has 1 fully saturated rings. The summed E-state index contributed by atoms with van der Waals surface area (Å²) in [5.41, 5.74) is 9.23. The van der Waals surface area contributed by atoms with Crippen LogP contribution in [0.5, 0.6) is 51.7 Å². The van der Waals surface area contributed by atoms with Crippen LogP contribution in [0.25, 0.3) is 33.4 Å². The van der Waals surface area contributed by atoms with Crippen LogP contribution in [0.1, 0.15) is 61.4 Å². The smallest absolute Gasteiger partial charge is 0.134 e. The molecule has 0 unspecified atom stereocenters. The lowest BCUT2D eigenvalue weighted by atomic mass is 9.99. The molecule has 1 aliphatic heterocycles. The van der Waals surface area contributed by atoms with Gasteiger partial charge in [-0.1, -0.05) is 0 Å². The van der Waals surface area contributed by atoms with Crippen molar-refractivity contribution in [3.63, 3.8) is 0 Å². The Morgan fingerprint density at radius 1 is 0.438 bits per heavy atom. The first-order chi connectivity index (χ1) is 38.6. The van der Waals surface area contributed by atoms with E-state index in [0.717, 1.165) is 0 Å². The number of pyridine rings is 3. The number of carbonyl (C=O) groups is 3. The number of aromatic carboxylic acids is 3. The molecule has 0 saturated carbocycles. The zero-order valence-corrected chi connectivity index (χ0v) is 46.4. The van der Waals surface area contributed by atoms with Crippen molar-refractivity contribution in [1.29, 1.82) is 0 Å². The van der Waals surface area contributed by atoms with Crippen LogP contribution in [0.15, 0.2) is 72.8 Å². The Labute approximate surface area is 464 Å². The van der Waals surface area contributed by atoms with E-state index in [1.165, 1.54) is 82.2 Å². The molecule has 3 aromatic heterocycles. The molecule has 3 aromatic carbocycles. The summed E-state index contributed by atoms with van der Waals surface area (Å²) in [6.45, 7) is 3.51. The molecule has 22 heteroatoms. The zero-order chi connectivity index (χ0) is 57.6. The molecule has 0 bridgehead atoms. The van der Waals surface area contributed by atoms with Crippen LogP contribution in [0.2, 0.25) is 0 Å². The van der Waals surface area contributed by atoms with E-state index in [1.54, 1.807) is 54.6 Å². The maximum atomic E-state index is 12.7. The van der Waals surface area contributed by atoms with E-state index in [2.05, 4.69) is 29.7 Å². The quantitative estimate of drug-likeness (QED) is 0.0911. The lowest BCUT2D eigenvalue weighted by Gasteiger charge is -2.36. The van der Waals surface area contributed by atoms with Crippen molar-refractivity contribution in [3.8, 4) is 85.1 Å². The molecule has 22 nitrogen and oxygen atoms in total. The Balaban J connectivity index is 1.34. The fraction of sp³-hybridized carbons (Fsp3) is 0.379. The summed E-state index contributed by atoms with van der Waals surface area (Å²) in [6.07, 6.45) is 1.38. The third-order valence-electron chi connectivity index (χ3n) is 13.7. The Kier molecular flexibility index (Phi) is 20.3. The predicted octanol–water partition coefficient (Wildman–Crippen LogP) is 3.22. The maximum absolute atomic E-state index is 12.7. The summed E-state index contributed by atoms with van der Waals surface area (Å²) >= 11 is 0. The summed E-state index contributed by atoms with van der Waals surface area (Å²) in [5, 5.41) is 38.1. The van der Waals surface area contributed by atoms with Gasteiger partial charge in [-0.05, 0) is 78.4 Å². The molecule has 6 aromatic rings. The van der Waals surface area contributed by atoms with E-state index >= 15 is 0 Å². The molecule has 0 spiro atoms. The van der Waals surface area contributed by atoms with Crippen molar-refractivity contribution in [3.05, 3.63) is 107 Å². The summed E-state index contributed by atoms with van der Waals surface area (Å²) in [4.78, 5) is 58.4. The number of ether oxygens (including phenoxy) is 9. The van der Waals surface area contributed by atoms with Gasteiger partial charge in [0.25, 0.3) is 0 Å². The zero-order valence-electron chi connectivity index (χ0n) is 46.4. The molecule has 80 heavy (non-hydrogen) atoms. The van der Waals surface area contributed by atoms with Crippen molar-refractivity contribution in [2.75, 3.05) is 110 Å². The molecule has 7 rings (SSSR count). The lowest BCUT2D eigenvalue weighted by molar-refractivity contribution is -0.256. The van der Waals surface area contributed by atoms with E-state index < -0.39 is 17.9 Å².